The standard InChI is InChI=1S/C13H24OS/c1-9(2)11-7-6-10(14)8-12(11)15-13(3,4)5/h9,11-12H,6-8H2,1-5H3. The molecular weight excluding hydrogens is 204 g/mol. The predicted molar refractivity (Wildman–Crippen MR) is 68.3 cm³/mol. The number of carbonyl (C=O) groups excluding carboxylic acids is 1. The monoisotopic (exact) mass is 228 g/mol. The molecule has 2 atom stereocenters. The molecule has 1 aliphatic rings. The SMILES string of the molecule is CC(C)C1CCC(=O)CC1SC(C)(C)C. The van der Waals surface area contributed by atoms with E-state index in [2.05, 4.69) is 34.6 Å². The third kappa shape index (κ3) is 4.18. The van der Waals surface area contributed by atoms with Crippen LogP contribution in [0.2, 0.25) is 0 Å². The van der Waals surface area contributed by atoms with Crippen molar-refractivity contribution in [2.75, 3.05) is 0 Å². The number of ketones is 1. The van der Waals surface area contributed by atoms with E-state index < -0.39 is 0 Å². The third-order valence-electron chi connectivity index (χ3n) is 3.02. The van der Waals surface area contributed by atoms with Crippen LogP contribution < -0.4 is 0 Å². The number of thioether (sulfide) groups is 1. The van der Waals surface area contributed by atoms with Gasteiger partial charge in [0.25, 0.3) is 0 Å². The Morgan fingerprint density at radius 2 is 1.93 bits per heavy atom. The largest absolute Gasteiger partial charge is 0.300 e. The quantitative estimate of drug-likeness (QED) is 0.713. The minimum Gasteiger partial charge on any atom is -0.300 e. The van der Waals surface area contributed by atoms with Crippen LogP contribution in [0.15, 0.2) is 0 Å². The van der Waals surface area contributed by atoms with Crippen molar-refractivity contribution in [1.82, 2.24) is 0 Å². The third-order valence-corrected chi connectivity index (χ3v) is 4.55. The first-order valence-electron chi connectivity index (χ1n) is 5.99. The van der Waals surface area contributed by atoms with E-state index in [1.54, 1.807) is 0 Å². The molecule has 15 heavy (non-hydrogen) atoms. The van der Waals surface area contributed by atoms with Crippen molar-refractivity contribution >= 4 is 17.5 Å². The van der Waals surface area contributed by atoms with Gasteiger partial charge < -0.3 is 0 Å². The van der Waals surface area contributed by atoms with Gasteiger partial charge in [0, 0.05) is 22.8 Å². The molecule has 0 aromatic heterocycles. The van der Waals surface area contributed by atoms with Gasteiger partial charge in [0.1, 0.15) is 5.78 Å². The Kier molecular flexibility index (Phi) is 4.28. The van der Waals surface area contributed by atoms with Gasteiger partial charge in [0.05, 0.1) is 0 Å². The first-order chi connectivity index (χ1) is 6.79. The molecular formula is C13H24OS. The lowest BCUT2D eigenvalue weighted by Crippen LogP contribution is -2.33. The van der Waals surface area contributed by atoms with E-state index in [1.807, 2.05) is 11.8 Å². The number of rotatable bonds is 2. The molecule has 0 saturated heterocycles. The van der Waals surface area contributed by atoms with Crippen molar-refractivity contribution in [3.05, 3.63) is 0 Å². The van der Waals surface area contributed by atoms with Gasteiger partial charge in [-0.2, -0.15) is 11.8 Å². The van der Waals surface area contributed by atoms with Crippen molar-refractivity contribution in [3.63, 3.8) is 0 Å². The van der Waals surface area contributed by atoms with Crippen molar-refractivity contribution in [2.45, 2.75) is 63.9 Å². The molecule has 2 unspecified atom stereocenters. The first-order valence-corrected chi connectivity index (χ1v) is 6.87. The second kappa shape index (κ2) is 4.90. The smallest absolute Gasteiger partial charge is 0.134 e. The van der Waals surface area contributed by atoms with Gasteiger partial charge in [-0.05, 0) is 18.3 Å². The molecule has 1 fully saturated rings. The molecule has 0 N–H and O–H groups in total. The molecule has 0 bridgehead atoms. The molecule has 0 aromatic rings. The Hall–Kier alpha value is 0.0200. The highest BCUT2D eigenvalue weighted by Gasteiger charge is 2.34. The molecule has 0 amide bonds. The van der Waals surface area contributed by atoms with Crippen LogP contribution in [-0.2, 0) is 4.79 Å². The van der Waals surface area contributed by atoms with E-state index in [9.17, 15) is 4.79 Å². The highest BCUT2D eigenvalue weighted by atomic mass is 32.2. The molecule has 0 spiro atoms. The lowest BCUT2D eigenvalue weighted by atomic mass is 9.81. The van der Waals surface area contributed by atoms with Gasteiger partial charge in [-0.3, -0.25) is 4.79 Å². The molecule has 1 saturated carbocycles. The van der Waals surface area contributed by atoms with Crippen molar-refractivity contribution in [2.24, 2.45) is 11.8 Å². The summed E-state index contributed by atoms with van der Waals surface area (Å²) in [5.41, 5.74) is 0. The lowest BCUT2D eigenvalue weighted by molar-refractivity contribution is -0.121. The van der Waals surface area contributed by atoms with Gasteiger partial charge in [-0.1, -0.05) is 34.6 Å². The number of hydrogen-bond acceptors (Lipinski definition) is 2. The van der Waals surface area contributed by atoms with Gasteiger partial charge >= 0.3 is 0 Å². The Morgan fingerprint density at radius 3 is 2.40 bits per heavy atom. The van der Waals surface area contributed by atoms with Gasteiger partial charge in [-0.25, -0.2) is 0 Å². The van der Waals surface area contributed by atoms with Crippen LogP contribution >= 0.6 is 11.8 Å². The van der Waals surface area contributed by atoms with Gasteiger partial charge in [0.2, 0.25) is 0 Å². The van der Waals surface area contributed by atoms with Gasteiger partial charge in [-0.15, -0.1) is 0 Å². The van der Waals surface area contributed by atoms with Crippen LogP contribution in [0.25, 0.3) is 0 Å². The maximum atomic E-state index is 11.5. The molecule has 88 valence electrons. The summed E-state index contributed by atoms with van der Waals surface area (Å²) in [5.74, 6) is 1.90. The van der Waals surface area contributed by atoms with Gasteiger partial charge in [0.15, 0.2) is 0 Å². The van der Waals surface area contributed by atoms with Crippen LogP contribution in [0, 0.1) is 11.8 Å². The molecule has 1 rings (SSSR count). The van der Waals surface area contributed by atoms with Crippen LogP contribution in [0.3, 0.4) is 0 Å². The summed E-state index contributed by atoms with van der Waals surface area (Å²) in [6, 6.07) is 0. The highest BCUT2D eigenvalue weighted by Crippen LogP contribution is 2.41. The summed E-state index contributed by atoms with van der Waals surface area (Å²) in [7, 11) is 0. The van der Waals surface area contributed by atoms with E-state index in [0.29, 0.717) is 17.0 Å². The van der Waals surface area contributed by atoms with E-state index >= 15 is 0 Å². The molecule has 0 heterocycles. The van der Waals surface area contributed by atoms with Crippen LogP contribution in [0.4, 0.5) is 0 Å². The highest BCUT2D eigenvalue weighted by molar-refractivity contribution is 8.01. The molecule has 0 aromatic carbocycles. The lowest BCUT2D eigenvalue weighted by Gasteiger charge is -2.36. The van der Waals surface area contributed by atoms with E-state index in [-0.39, 0.29) is 4.75 Å². The molecule has 2 heteroatoms. The van der Waals surface area contributed by atoms with E-state index in [4.69, 9.17) is 0 Å². The minimum atomic E-state index is 0.273. The fraction of sp³-hybridized carbons (Fsp3) is 0.923. The summed E-state index contributed by atoms with van der Waals surface area (Å²) < 4.78 is 0.273. The fourth-order valence-corrected chi connectivity index (χ4v) is 4.14. The summed E-state index contributed by atoms with van der Waals surface area (Å²) in [6.45, 7) is 11.3. The topological polar surface area (TPSA) is 17.1 Å². The van der Waals surface area contributed by atoms with Crippen LogP contribution in [-0.4, -0.2) is 15.8 Å². The predicted octanol–water partition coefficient (Wildman–Crippen LogP) is 3.91. The Labute approximate surface area is 98.4 Å². The summed E-state index contributed by atoms with van der Waals surface area (Å²) in [5, 5.41) is 0.547. The Balaban J connectivity index is 2.66. The second-order valence-electron chi connectivity index (χ2n) is 5.96. The molecule has 1 aliphatic carbocycles. The Bertz CT molecular complexity index is 227. The molecule has 1 nitrogen and oxygen atoms in total. The van der Waals surface area contributed by atoms with Crippen molar-refractivity contribution < 1.29 is 4.79 Å². The van der Waals surface area contributed by atoms with Crippen molar-refractivity contribution in [3.8, 4) is 0 Å². The average Bonchev–Trinajstić information content (AvgIpc) is 1.99. The van der Waals surface area contributed by atoms with Crippen molar-refractivity contribution in [1.29, 1.82) is 0 Å². The molecule has 0 aliphatic heterocycles. The number of Topliss-reactive ketones (excluding diaryl/α,β-unsaturated/α-hetero) is 1. The zero-order chi connectivity index (χ0) is 11.6. The van der Waals surface area contributed by atoms with Crippen LogP contribution in [0.1, 0.15) is 53.9 Å². The minimum absolute atomic E-state index is 0.273. The fourth-order valence-electron chi connectivity index (χ4n) is 2.34. The Morgan fingerprint density at radius 1 is 1.33 bits per heavy atom. The summed E-state index contributed by atoms with van der Waals surface area (Å²) in [4.78, 5) is 11.5. The summed E-state index contributed by atoms with van der Waals surface area (Å²) in [6.07, 6.45) is 2.71. The second-order valence-corrected chi connectivity index (χ2v) is 8.02. The average molecular weight is 228 g/mol. The summed E-state index contributed by atoms with van der Waals surface area (Å²) >= 11 is 2.00. The zero-order valence-corrected chi connectivity index (χ0v) is 11.5. The maximum absolute atomic E-state index is 11.5. The van der Waals surface area contributed by atoms with Crippen LogP contribution in [0.5, 0.6) is 0 Å². The number of carbonyl (C=O) groups is 1. The molecule has 0 radical (unpaired) electrons. The van der Waals surface area contributed by atoms with E-state index in [1.165, 1.54) is 0 Å². The zero-order valence-electron chi connectivity index (χ0n) is 10.7. The van der Waals surface area contributed by atoms with E-state index in [0.717, 1.165) is 25.2 Å². The number of hydrogen-bond donors (Lipinski definition) is 0. The normalized spacial score (nSPS) is 28.5. The maximum Gasteiger partial charge on any atom is 0.134 e. The first kappa shape index (κ1) is 13.1.